The van der Waals surface area contributed by atoms with Crippen molar-refractivity contribution in [3.05, 3.63) is 0 Å². The van der Waals surface area contributed by atoms with Crippen molar-refractivity contribution in [3.8, 4) is 0 Å². The summed E-state index contributed by atoms with van der Waals surface area (Å²) in [5.41, 5.74) is 0. The zero-order valence-electron chi connectivity index (χ0n) is 11.3. The lowest BCUT2D eigenvalue weighted by molar-refractivity contribution is -0.123. The van der Waals surface area contributed by atoms with E-state index < -0.39 is 0 Å². The molecule has 0 radical (unpaired) electrons. The van der Waals surface area contributed by atoms with Gasteiger partial charge in [0.05, 0.1) is 12.1 Å². The van der Waals surface area contributed by atoms with E-state index in [0.29, 0.717) is 5.92 Å². The molecular weight excluding hydrogens is 204 g/mol. The fourth-order valence-electron chi connectivity index (χ4n) is 1.55. The zero-order chi connectivity index (χ0) is 12.7. The maximum absolute atomic E-state index is 11.7. The maximum atomic E-state index is 11.7. The van der Waals surface area contributed by atoms with E-state index in [1.807, 2.05) is 13.8 Å². The van der Waals surface area contributed by atoms with Crippen LogP contribution < -0.4 is 10.6 Å². The summed E-state index contributed by atoms with van der Waals surface area (Å²) in [6.45, 7) is 8.25. The van der Waals surface area contributed by atoms with Gasteiger partial charge in [-0.1, -0.05) is 13.8 Å². The summed E-state index contributed by atoms with van der Waals surface area (Å²) in [4.78, 5) is 11.7. The average molecular weight is 230 g/mol. The van der Waals surface area contributed by atoms with Crippen LogP contribution in [0.5, 0.6) is 0 Å². The Labute approximate surface area is 99.1 Å². The Kier molecular flexibility index (Phi) is 7.34. The van der Waals surface area contributed by atoms with Crippen LogP contribution in [0.3, 0.4) is 0 Å². The minimum Gasteiger partial charge on any atom is -0.380 e. The highest BCUT2D eigenvalue weighted by Crippen LogP contribution is 2.07. The number of hydrogen-bond donors (Lipinski definition) is 2. The first-order valence-corrected chi connectivity index (χ1v) is 5.92. The average Bonchev–Trinajstić information content (AvgIpc) is 2.25. The van der Waals surface area contributed by atoms with Gasteiger partial charge in [0.15, 0.2) is 0 Å². The number of nitrogens with one attached hydrogen (secondary N) is 2. The highest BCUT2D eigenvalue weighted by atomic mass is 16.5. The minimum atomic E-state index is -0.141. The number of rotatable bonds is 7. The second kappa shape index (κ2) is 7.63. The van der Waals surface area contributed by atoms with Crippen LogP contribution in [0, 0.1) is 5.92 Å². The van der Waals surface area contributed by atoms with Gasteiger partial charge in [0.2, 0.25) is 5.91 Å². The molecule has 0 aromatic heterocycles. The van der Waals surface area contributed by atoms with Gasteiger partial charge in [0.25, 0.3) is 0 Å². The van der Waals surface area contributed by atoms with Gasteiger partial charge in [-0.25, -0.2) is 0 Å². The second-order valence-electron chi connectivity index (χ2n) is 4.69. The number of ether oxygens (including phenoxy) is 1. The summed E-state index contributed by atoms with van der Waals surface area (Å²) in [5, 5.41) is 6.00. The number of carbonyl (C=O) groups is 1. The minimum absolute atomic E-state index is 0.0452. The Morgan fingerprint density at radius 2 is 1.81 bits per heavy atom. The molecule has 96 valence electrons. The van der Waals surface area contributed by atoms with Crippen molar-refractivity contribution in [1.29, 1.82) is 0 Å². The molecule has 0 heterocycles. The SMILES string of the molecule is CNC(=O)C(CC(C)C)NC(C)C(C)OC. The first kappa shape index (κ1) is 15.4. The van der Waals surface area contributed by atoms with E-state index >= 15 is 0 Å². The third kappa shape index (κ3) is 5.47. The topological polar surface area (TPSA) is 50.4 Å². The van der Waals surface area contributed by atoms with Gasteiger partial charge < -0.3 is 15.4 Å². The predicted molar refractivity (Wildman–Crippen MR) is 66.4 cm³/mol. The normalized spacial score (nSPS) is 16.9. The van der Waals surface area contributed by atoms with Crippen LogP contribution in [-0.2, 0) is 9.53 Å². The number of carbonyl (C=O) groups excluding carboxylic acids is 1. The molecule has 4 heteroatoms. The summed E-state index contributed by atoms with van der Waals surface area (Å²) in [6.07, 6.45) is 0.930. The molecule has 4 nitrogen and oxygen atoms in total. The molecule has 0 saturated carbocycles. The standard InChI is InChI=1S/C12H26N2O2/c1-8(2)7-11(12(15)13-5)14-9(3)10(4)16-6/h8-11,14H,7H2,1-6H3,(H,13,15). The van der Waals surface area contributed by atoms with Gasteiger partial charge in [-0.3, -0.25) is 4.79 Å². The van der Waals surface area contributed by atoms with Gasteiger partial charge in [-0.15, -0.1) is 0 Å². The van der Waals surface area contributed by atoms with Crippen molar-refractivity contribution in [2.24, 2.45) is 5.92 Å². The van der Waals surface area contributed by atoms with Crippen molar-refractivity contribution in [2.45, 2.75) is 52.3 Å². The summed E-state index contributed by atoms with van der Waals surface area (Å²) >= 11 is 0. The highest BCUT2D eigenvalue weighted by molar-refractivity contribution is 5.81. The Hall–Kier alpha value is -0.610. The number of likely N-dealkylation sites (N-methyl/N-ethyl adjacent to an activating group) is 1. The molecule has 1 amide bonds. The molecule has 0 aliphatic heterocycles. The first-order valence-electron chi connectivity index (χ1n) is 5.92. The first-order chi connectivity index (χ1) is 7.42. The summed E-state index contributed by atoms with van der Waals surface area (Å²) in [5.74, 6) is 0.531. The molecule has 0 rings (SSSR count). The molecule has 0 spiro atoms. The Morgan fingerprint density at radius 3 is 2.19 bits per heavy atom. The van der Waals surface area contributed by atoms with Crippen molar-refractivity contribution < 1.29 is 9.53 Å². The smallest absolute Gasteiger partial charge is 0.236 e. The predicted octanol–water partition coefficient (Wildman–Crippen LogP) is 1.16. The maximum Gasteiger partial charge on any atom is 0.236 e. The van der Waals surface area contributed by atoms with Crippen LogP contribution >= 0.6 is 0 Å². The van der Waals surface area contributed by atoms with E-state index in [1.165, 1.54) is 0 Å². The number of methoxy groups -OCH3 is 1. The number of amides is 1. The molecular formula is C12H26N2O2. The van der Waals surface area contributed by atoms with E-state index in [1.54, 1.807) is 14.2 Å². The Bertz CT molecular complexity index is 207. The molecule has 3 unspecified atom stereocenters. The highest BCUT2D eigenvalue weighted by Gasteiger charge is 2.22. The van der Waals surface area contributed by atoms with Crippen molar-refractivity contribution in [3.63, 3.8) is 0 Å². The quantitative estimate of drug-likeness (QED) is 0.690. The van der Waals surface area contributed by atoms with E-state index in [2.05, 4.69) is 24.5 Å². The Balaban J connectivity index is 4.36. The van der Waals surface area contributed by atoms with Gasteiger partial charge in [-0.2, -0.15) is 0 Å². The van der Waals surface area contributed by atoms with Gasteiger partial charge in [0.1, 0.15) is 0 Å². The van der Waals surface area contributed by atoms with Gasteiger partial charge in [0, 0.05) is 20.2 Å². The summed E-state index contributed by atoms with van der Waals surface area (Å²) in [6, 6.07) is 0.0173. The lowest BCUT2D eigenvalue weighted by Crippen LogP contribution is -2.50. The molecule has 0 aliphatic rings. The fraction of sp³-hybridized carbons (Fsp3) is 0.917. The molecule has 0 fully saturated rings. The van der Waals surface area contributed by atoms with E-state index in [0.717, 1.165) is 6.42 Å². The lowest BCUT2D eigenvalue weighted by atomic mass is 10.0. The summed E-state index contributed by atoms with van der Waals surface area (Å²) in [7, 11) is 3.35. The van der Waals surface area contributed by atoms with Crippen LogP contribution in [0.15, 0.2) is 0 Å². The molecule has 0 aromatic carbocycles. The van der Waals surface area contributed by atoms with E-state index in [-0.39, 0.29) is 24.1 Å². The fourth-order valence-corrected chi connectivity index (χ4v) is 1.55. The molecule has 0 bridgehead atoms. The monoisotopic (exact) mass is 230 g/mol. The van der Waals surface area contributed by atoms with Crippen molar-refractivity contribution in [1.82, 2.24) is 10.6 Å². The van der Waals surface area contributed by atoms with Crippen LogP contribution in [0.2, 0.25) is 0 Å². The molecule has 3 atom stereocenters. The van der Waals surface area contributed by atoms with Crippen LogP contribution in [0.4, 0.5) is 0 Å². The lowest BCUT2D eigenvalue weighted by Gasteiger charge is -2.26. The molecule has 0 saturated heterocycles. The van der Waals surface area contributed by atoms with E-state index in [9.17, 15) is 4.79 Å². The third-order valence-corrected chi connectivity index (χ3v) is 2.81. The van der Waals surface area contributed by atoms with Gasteiger partial charge in [-0.05, 0) is 26.2 Å². The third-order valence-electron chi connectivity index (χ3n) is 2.81. The number of hydrogen-bond acceptors (Lipinski definition) is 3. The van der Waals surface area contributed by atoms with E-state index in [4.69, 9.17) is 4.74 Å². The molecule has 16 heavy (non-hydrogen) atoms. The van der Waals surface area contributed by atoms with Crippen molar-refractivity contribution in [2.75, 3.05) is 14.2 Å². The van der Waals surface area contributed by atoms with Crippen LogP contribution in [-0.4, -0.2) is 38.3 Å². The molecule has 2 N–H and O–H groups in total. The summed E-state index contributed by atoms with van der Waals surface area (Å²) < 4.78 is 5.24. The zero-order valence-corrected chi connectivity index (χ0v) is 11.3. The van der Waals surface area contributed by atoms with Crippen molar-refractivity contribution >= 4 is 5.91 Å². The van der Waals surface area contributed by atoms with Crippen LogP contribution in [0.25, 0.3) is 0 Å². The Morgan fingerprint density at radius 1 is 1.25 bits per heavy atom. The second-order valence-corrected chi connectivity index (χ2v) is 4.69. The molecule has 0 aromatic rings. The van der Waals surface area contributed by atoms with Crippen LogP contribution in [0.1, 0.15) is 34.1 Å². The largest absolute Gasteiger partial charge is 0.380 e. The molecule has 0 aliphatic carbocycles. The van der Waals surface area contributed by atoms with Gasteiger partial charge >= 0.3 is 0 Å².